The molecular formula is C86H105N11O28. The molecule has 11 rings (SSSR count). The van der Waals surface area contributed by atoms with Crippen LogP contribution in [0.5, 0.6) is 11.5 Å². The van der Waals surface area contributed by atoms with Crippen molar-refractivity contribution in [2.24, 2.45) is 0 Å². The van der Waals surface area contributed by atoms with Gasteiger partial charge in [0.05, 0.1) is 170 Å². The molecule has 39 nitrogen and oxygen atoms in total. The number of imide groups is 1. The van der Waals surface area contributed by atoms with Crippen molar-refractivity contribution >= 4 is 92.9 Å². The molecule has 8 amide bonds. The molecule has 5 aliphatic rings. The summed E-state index contributed by atoms with van der Waals surface area (Å²) in [6, 6.07) is 15.0. The van der Waals surface area contributed by atoms with Gasteiger partial charge in [-0.2, -0.15) is 0 Å². The van der Waals surface area contributed by atoms with Crippen molar-refractivity contribution < 1.29 is 125 Å². The molecule has 9 heterocycles. The highest BCUT2D eigenvalue weighted by Crippen LogP contribution is 2.41. The van der Waals surface area contributed by atoms with Crippen molar-refractivity contribution in [2.75, 3.05) is 152 Å². The number of fused-ring (bicyclic) bond motifs is 10. The Kier molecular flexibility index (Phi) is 34.5. The maximum absolute atomic E-state index is 14.1. The molecule has 0 radical (unpaired) electrons. The quantitative estimate of drug-likeness (QED) is 0.0122. The zero-order valence-electron chi connectivity index (χ0n) is 70.1. The van der Waals surface area contributed by atoms with Gasteiger partial charge in [0.25, 0.3) is 22.9 Å². The smallest absolute Gasteiger partial charge is 0.343 e. The first-order valence-corrected chi connectivity index (χ1v) is 41.7. The fourth-order valence-corrected chi connectivity index (χ4v) is 14.6. The van der Waals surface area contributed by atoms with Crippen LogP contribution in [0.1, 0.15) is 124 Å². The molecule has 0 spiro atoms. The number of hydrogen-bond donors (Lipinski definition) is 7. The summed E-state index contributed by atoms with van der Waals surface area (Å²) >= 11 is 0. The van der Waals surface area contributed by atoms with Crippen LogP contribution in [-0.2, 0) is 142 Å². The van der Waals surface area contributed by atoms with Crippen LogP contribution in [0.2, 0.25) is 0 Å². The average molecular weight is 1740 g/mol. The molecular weight excluding hydrogens is 1630 g/mol. The Morgan fingerprint density at radius 1 is 0.488 bits per heavy atom. The van der Waals surface area contributed by atoms with Crippen LogP contribution >= 0.6 is 0 Å². The molecule has 0 aliphatic carbocycles. The number of methoxy groups -OCH3 is 1. The standard InChI is InChI=1S/C86H105N11O28/c1-4-85(112)62-48-67-78-56(50-96(67)81(108)60(62)52-122-83(85)110)44-54-46-58(10-12-64(54)92-78)124-76(105)20-16-70(99)87-23-27-94(28-24-88-71(100)17-21-77(106)125-59-11-13-65-55(47-59)45-57-51-97-68(79(57)93-65)49-63-61(82(97)109)53-123-84(111)86(63,113)5-2)73(102)9-6-22-90-80(107)66(91-72(101)8-7-26-95-74(103)18-19-75(95)104)14-15-69(98)89-25-29-115-32-33-117-36-37-119-40-41-121-43-42-120-39-38-118-35-34-116-31-30-114-3/h10-13,18-19,44-49,66,112-113H,4-9,14-17,20-43,50-53H2,1-3H3,(H,87,99)(H,88,100)(H,89,98)(H,90,107)(H,91,101)/t66-,85-,86-/m0/s1. The molecule has 4 aromatic heterocycles. The summed E-state index contributed by atoms with van der Waals surface area (Å²) in [7, 11) is 1.61. The average Bonchev–Trinajstić information content (AvgIpc) is 1.63. The van der Waals surface area contributed by atoms with E-state index in [9.17, 15) is 77.3 Å². The first-order chi connectivity index (χ1) is 60.4. The molecule has 3 atom stereocenters. The zero-order valence-corrected chi connectivity index (χ0v) is 70.1. The molecule has 672 valence electrons. The number of aromatic nitrogens is 4. The van der Waals surface area contributed by atoms with E-state index in [4.69, 9.17) is 66.8 Å². The Hall–Kier alpha value is -11.7. The molecule has 0 fully saturated rings. The molecule has 125 heavy (non-hydrogen) atoms. The minimum atomic E-state index is -2.00. The Morgan fingerprint density at radius 2 is 0.920 bits per heavy atom. The van der Waals surface area contributed by atoms with Crippen LogP contribution in [0.25, 0.3) is 44.6 Å². The van der Waals surface area contributed by atoms with Gasteiger partial charge in [-0.25, -0.2) is 19.6 Å². The molecule has 6 aromatic rings. The van der Waals surface area contributed by atoms with Gasteiger partial charge < -0.3 is 108 Å². The van der Waals surface area contributed by atoms with Crippen molar-refractivity contribution in [1.29, 1.82) is 0 Å². The third-order valence-electron chi connectivity index (χ3n) is 21.4. The second-order valence-corrected chi connectivity index (χ2v) is 29.9. The van der Waals surface area contributed by atoms with Crippen molar-refractivity contribution in [3.05, 3.63) is 127 Å². The number of aliphatic hydroxyl groups is 2. The van der Waals surface area contributed by atoms with Crippen LogP contribution < -0.4 is 47.2 Å². The molecule has 0 unspecified atom stereocenters. The highest BCUT2D eigenvalue weighted by molar-refractivity contribution is 6.13. The predicted octanol–water partition coefficient (Wildman–Crippen LogP) is 1.35. The molecule has 0 saturated carbocycles. The summed E-state index contributed by atoms with van der Waals surface area (Å²) < 4.78 is 67.9. The monoisotopic (exact) mass is 1740 g/mol. The third kappa shape index (κ3) is 25.1. The fraction of sp³-hybridized carbons (Fsp3) is 0.512. The Balaban J connectivity index is 0.634. The number of nitrogens with one attached hydrogen (secondary N) is 5. The molecule has 7 N–H and O–H groups in total. The van der Waals surface area contributed by atoms with E-state index in [1.165, 1.54) is 26.2 Å². The van der Waals surface area contributed by atoms with Gasteiger partial charge in [0, 0.05) is 130 Å². The minimum absolute atomic E-state index is 0.0192. The van der Waals surface area contributed by atoms with Crippen LogP contribution in [0, 0.1) is 0 Å². The number of benzene rings is 2. The first kappa shape index (κ1) is 94.0. The van der Waals surface area contributed by atoms with Gasteiger partial charge in [0.15, 0.2) is 11.2 Å². The number of cyclic esters (lactones) is 2. The maximum Gasteiger partial charge on any atom is 0.343 e. The van der Waals surface area contributed by atoms with E-state index >= 15 is 0 Å². The molecule has 5 aliphatic heterocycles. The second-order valence-electron chi connectivity index (χ2n) is 29.9. The van der Waals surface area contributed by atoms with Crippen molar-refractivity contribution in [1.82, 2.24) is 55.5 Å². The summed E-state index contributed by atoms with van der Waals surface area (Å²) in [5.74, 6) is -7.27. The molecule has 39 heteroatoms. The fourth-order valence-electron chi connectivity index (χ4n) is 14.6. The lowest BCUT2D eigenvalue weighted by molar-refractivity contribution is -0.172. The third-order valence-corrected chi connectivity index (χ3v) is 21.4. The van der Waals surface area contributed by atoms with E-state index in [0.29, 0.717) is 135 Å². The zero-order chi connectivity index (χ0) is 89.0. The first-order valence-electron chi connectivity index (χ1n) is 41.7. The van der Waals surface area contributed by atoms with Crippen LogP contribution in [-0.4, -0.2) is 268 Å². The summed E-state index contributed by atoms with van der Waals surface area (Å²) in [5.41, 5.74) is -0.0523. The lowest BCUT2D eigenvalue weighted by Crippen LogP contribution is -2.48. The number of nitrogens with zero attached hydrogens (tertiary/aromatic N) is 6. The number of hydrogen-bond acceptors (Lipinski definition) is 30. The van der Waals surface area contributed by atoms with Gasteiger partial charge in [0.2, 0.25) is 35.4 Å². The Labute approximate surface area is 717 Å². The van der Waals surface area contributed by atoms with E-state index in [-0.39, 0.29) is 203 Å². The van der Waals surface area contributed by atoms with Gasteiger partial charge in [-0.3, -0.25) is 62.4 Å². The van der Waals surface area contributed by atoms with E-state index in [1.54, 1.807) is 69.5 Å². The largest absolute Gasteiger partial charge is 0.458 e. The second kappa shape index (κ2) is 45.8. The highest BCUT2D eigenvalue weighted by Gasteiger charge is 2.47. The lowest BCUT2D eigenvalue weighted by Gasteiger charge is -2.31. The Bertz CT molecular complexity index is 4880. The van der Waals surface area contributed by atoms with E-state index in [2.05, 4.69) is 26.6 Å². The van der Waals surface area contributed by atoms with Crippen LogP contribution in [0.4, 0.5) is 0 Å². The molecule has 2 aromatic carbocycles. The van der Waals surface area contributed by atoms with Gasteiger partial charge in [-0.1, -0.05) is 13.8 Å². The Morgan fingerprint density at radius 3 is 1.37 bits per heavy atom. The van der Waals surface area contributed by atoms with Gasteiger partial charge in [0.1, 0.15) is 30.8 Å². The van der Waals surface area contributed by atoms with E-state index in [0.717, 1.165) is 17.1 Å². The number of esters is 4. The normalized spacial score (nSPS) is 16.0. The van der Waals surface area contributed by atoms with Crippen molar-refractivity contribution in [3.63, 3.8) is 0 Å². The number of pyridine rings is 4. The number of carbonyl (C=O) groups is 12. The number of ether oxygens (including phenoxy) is 12. The van der Waals surface area contributed by atoms with Gasteiger partial charge in [-0.15, -0.1) is 0 Å². The van der Waals surface area contributed by atoms with E-state index < -0.39 is 99.5 Å². The summed E-state index contributed by atoms with van der Waals surface area (Å²) in [6.45, 7) is 8.25. The number of amides is 8. The molecule has 0 bridgehead atoms. The number of rotatable bonds is 53. The molecule has 0 saturated heterocycles. The number of carbonyl (C=O) groups excluding carboxylic acids is 12. The topological polar surface area (TPSA) is 492 Å². The van der Waals surface area contributed by atoms with E-state index in [1.807, 2.05) is 0 Å². The minimum Gasteiger partial charge on any atom is -0.458 e. The van der Waals surface area contributed by atoms with Crippen LogP contribution in [0.15, 0.2) is 82.4 Å². The maximum atomic E-state index is 14.1. The summed E-state index contributed by atoms with van der Waals surface area (Å²) in [6.07, 6.45) is 0.249. The van der Waals surface area contributed by atoms with Crippen LogP contribution in [0.3, 0.4) is 0 Å². The SMILES string of the molecule is CC[C@@]1(O)C(=O)OCc2c1cc1n(c2=O)Cc2cc3cc(OC(=O)CCC(=O)NCCN(CCNC(=O)CCC(=O)Oc4ccc5nc6c(cc5c4)Cn4c-6cc5c(c4=O)COC(=O)[C@]5(O)CC)C(=O)CCCNC(=O)[C@H](CCC(=O)NCCOCCOCCOCCOCCOCCOCCOCCOC)NC(=O)CCCN4C(=O)C=CC4=O)ccc3nc2-1. The van der Waals surface area contributed by atoms with Gasteiger partial charge >= 0.3 is 23.9 Å². The summed E-state index contributed by atoms with van der Waals surface area (Å²) in [4.78, 5) is 196. The van der Waals surface area contributed by atoms with Crippen molar-refractivity contribution in [2.45, 2.75) is 134 Å². The highest BCUT2D eigenvalue weighted by atomic mass is 16.6. The van der Waals surface area contributed by atoms with Crippen molar-refractivity contribution in [3.8, 4) is 34.3 Å². The predicted molar refractivity (Wildman–Crippen MR) is 441 cm³/mol. The summed E-state index contributed by atoms with van der Waals surface area (Å²) in [5, 5.41) is 37.2. The van der Waals surface area contributed by atoms with Gasteiger partial charge in [-0.05, 0) is 92.8 Å². The lowest BCUT2D eigenvalue weighted by atomic mass is 9.86.